The highest BCUT2D eigenvalue weighted by Gasteiger charge is 2.29. The molecule has 2 rings (SSSR count). The average molecular weight is 341 g/mol. The zero-order chi connectivity index (χ0) is 11.9. The van der Waals surface area contributed by atoms with Crippen LogP contribution in [0.4, 0.5) is 18.9 Å². The number of fused-ring (bicyclic) bond motifs is 1. The Kier molecular flexibility index (Phi) is 2.72. The number of aromatic amines is 1. The third-order valence-corrected chi connectivity index (χ3v) is 2.72. The maximum Gasteiger partial charge on any atom is 0.393 e. The zero-order valence-corrected chi connectivity index (χ0v) is 10.1. The zero-order valence-electron chi connectivity index (χ0n) is 7.90. The third-order valence-electron chi connectivity index (χ3n) is 2.14. The third kappa shape index (κ3) is 2.23. The van der Waals surface area contributed by atoms with Crippen molar-refractivity contribution in [3.63, 3.8) is 0 Å². The molecule has 0 radical (unpaired) electrons. The molecule has 2 aromatic heterocycles. The molecule has 16 heavy (non-hydrogen) atoms. The standard InChI is InChI=1S/C9H7F3IN3/c10-9(11,12)2-4-3-15-8-5(7(4)14)1-6(13)16-8/h1,3H,2H2,(H3,14,15,16). The molecule has 0 aromatic carbocycles. The normalized spacial score (nSPS) is 12.2. The monoisotopic (exact) mass is 341 g/mol. The predicted molar refractivity (Wildman–Crippen MR) is 63.0 cm³/mol. The van der Waals surface area contributed by atoms with Crippen LogP contribution < -0.4 is 5.73 Å². The minimum absolute atomic E-state index is 0.00963. The lowest BCUT2D eigenvalue weighted by atomic mass is 10.1. The Morgan fingerprint density at radius 1 is 1.44 bits per heavy atom. The number of halogens is 4. The number of anilines is 1. The van der Waals surface area contributed by atoms with E-state index in [1.54, 1.807) is 6.07 Å². The van der Waals surface area contributed by atoms with Crippen molar-refractivity contribution in [2.24, 2.45) is 0 Å². The van der Waals surface area contributed by atoms with E-state index in [0.29, 0.717) is 11.0 Å². The molecule has 0 fully saturated rings. The summed E-state index contributed by atoms with van der Waals surface area (Å²) in [6.07, 6.45) is -4.16. The average Bonchev–Trinajstić information content (AvgIpc) is 2.50. The van der Waals surface area contributed by atoms with E-state index in [0.717, 1.165) is 9.90 Å². The second kappa shape index (κ2) is 3.79. The molecular formula is C9H7F3IN3. The van der Waals surface area contributed by atoms with Crippen molar-refractivity contribution in [2.45, 2.75) is 12.6 Å². The molecule has 2 heterocycles. The smallest absolute Gasteiger partial charge is 0.393 e. The van der Waals surface area contributed by atoms with Gasteiger partial charge in [-0.25, -0.2) is 4.98 Å². The van der Waals surface area contributed by atoms with Gasteiger partial charge in [-0.05, 0) is 28.7 Å². The molecule has 0 spiro atoms. The first kappa shape index (κ1) is 11.5. The molecule has 7 heteroatoms. The predicted octanol–water partition coefficient (Wildman–Crippen LogP) is 2.85. The Morgan fingerprint density at radius 2 is 2.12 bits per heavy atom. The SMILES string of the molecule is Nc1c(CC(F)(F)F)cnc2[nH]c(I)cc12. The number of nitrogens with zero attached hydrogens (tertiary/aromatic N) is 1. The highest BCUT2D eigenvalue weighted by Crippen LogP contribution is 2.29. The van der Waals surface area contributed by atoms with Gasteiger partial charge in [0, 0.05) is 22.8 Å². The molecule has 0 unspecified atom stereocenters. The van der Waals surface area contributed by atoms with Gasteiger partial charge in [-0.2, -0.15) is 13.2 Å². The van der Waals surface area contributed by atoms with Crippen molar-refractivity contribution in [2.75, 3.05) is 5.73 Å². The first-order valence-electron chi connectivity index (χ1n) is 4.35. The molecule has 0 saturated carbocycles. The van der Waals surface area contributed by atoms with Crippen LogP contribution in [0.1, 0.15) is 5.56 Å². The number of hydrogen-bond donors (Lipinski definition) is 2. The molecule has 0 bridgehead atoms. The largest absolute Gasteiger partial charge is 0.398 e. The number of hydrogen-bond acceptors (Lipinski definition) is 2. The molecule has 3 nitrogen and oxygen atoms in total. The Hall–Kier alpha value is -0.990. The number of nitrogen functional groups attached to an aromatic ring is 1. The summed E-state index contributed by atoms with van der Waals surface area (Å²) < 4.78 is 37.5. The maximum absolute atomic E-state index is 12.2. The van der Waals surface area contributed by atoms with Gasteiger partial charge in [0.2, 0.25) is 0 Å². The number of H-pyrrole nitrogens is 1. The molecule has 86 valence electrons. The van der Waals surface area contributed by atoms with E-state index in [1.807, 2.05) is 22.6 Å². The maximum atomic E-state index is 12.2. The Bertz CT molecular complexity index is 533. The van der Waals surface area contributed by atoms with Crippen molar-refractivity contribution in [3.05, 3.63) is 21.5 Å². The summed E-state index contributed by atoms with van der Waals surface area (Å²) >= 11 is 2.02. The summed E-state index contributed by atoms with van der Waals surface area (Å²) in [5.74, 6) is 0. The number of aromatic nitrogens is 2. The molecule has 0 aliphatic heterocycles. The molecule has 3 N–H and O–H groups in total. The van der Waals surface area contributed by atoms with Gasteiger partial charge in [0.1, 0.15) is 5.65 Å². The second-order valence-electron chi connectivity index (χ2n) is 3.37. The fraction of sp³-hybridized carbons (Fsp3) is 0.222. The van der Waals surface area contributed by atoms with Crippen LogP contribution in [0, 0.1) is 3.70 Å². The summed E-state index contributed by atoms with van der Waals surface area (Å²) in [6, 6.07) is 1.68. The summed E-state index contributed by atoms with van der Waals surface area (Å²) in [5.41, 5.74) is 6.33. The van der Waals surface area contributed by atoms with Crippen LogP contribution in [0.25, 0.3) is 11.0 Å². The first-order chi connectivity index (χ1) is 7.37. The molecule has 0 aliphatic carbocycles. The summed E-state index contributed by atoms with van der Waals surface area (Å²) in [7, 11) is 0. The lowest BCUT2D eigenvalue weighted by Crippen LogP contribution is -2.13. The molecule has 0 atom stereocenters. The minimum Gasteiger partial charge on any atom is -0.398 e. The topological polar surface area (TPSA) is 54.7 Å². The van der Waals surface area contributed by atoms with E-state index >= 15 is 0 Å². The van der Waals surface area contributed by atoms with Gasteiger partial charge in [0.15, 0.2) is 0 Å². The lowest BCUT2D eigenvalue weighted by molar-refractivity contribution is -0.127. The van der Waals surface area contributed by atoms with Crippen LogP contribution in [0.2, 0.25) is 0 Å². The van der Waals surface area contributed by atoms with Crippen LogP contribution in [0.15, 0.2) is 12.3 Å². The molecular weight excluding hydrogens is 334 g/mol. The Labute approximate surface area is 102 Å². The highest BCUT2D eigenvalue weighted by molar-refractivity contribution is 14.1. The van der Waals surface area contributed by atoms with Crippen molar-refractivity contribution >= 4 is 39.3 Å². The van der Waals surface area contributed by atoms with E-state index < -0.39 is 12.6 Å². The van der Waals surface area contributed by atoms with Gasteiger partial charge in [-0.3, -0.25) is 0 Å². The van der Waals surface area contributed by atoms with E-state index in [-0.39, 0.29) is 11.3 Å². The van der Waals surface area contributed by atoms with Crippen molar-refractivity contribution in [1.29, 1.82) is 0 Å². The van der Waals surface area contributed by atoms with E-state index in [1.165, 1.54) is 0 Å². The Morgan fingerprint density at radius 3 is 2.75 bits per heavy atom. The van der Waals surface area contributed by atoms with Crippen LogP contribution in [-0.4, -0.2) is 16.1 Å². The molecule has 0 amide bonds. The van der Waals surface area contributed by atoms with Gasteiger partial charge in [0.25, 0.3) is 0 Å². The van der Waals surface area contributed by atoms with Gasteiger partial charge < -0.3 is 10.7 Å². The number of pyridine rings is 1. The lowest BCUT2D eigenvalue weighted by Gasteiger charge is -2.08. The van der Waals surface area contributed by atoms with Crippen molar-refractivity contribution in [3.8, 4) is 0 Å². The molecule has 2 aromatic rings. The number of nitrogens with one attached hydrogen (secondary N) is 1. The van der Waals surface area contributed by atoms with Crippen LogP contribution >= 0.6 is 22.6 Å². The number of alkyl halides is 3. The van der Waals surface area contributed by atoms with Crippen molar-refractivity contribution in [1.82, 2.24) is 9.97 Å². The van der Waals surface area contributed by atoms with Gasteiger partial charge >= 0.3 is 6.18 Å². The van der Waals surface area contributed by atoms with E-state index in [4.69, 9.17) is 5.73 Å². The first-order valence-corrected chi connectivity index (χ1v) is 5.43. The van der Waals surface area contributed by atoms with Crippen molar-refractivity contribution < 1.29 is 13.2 Å². The second-order valence-corrected chi connectivity index (χ2v) is 4.53. The highest BCUT2D eigenvalue weighted by atomic mass is 127. The van der Waals surface area contributed by atoms with Crippen LogP contribution in [0.5, 0.6) is 0 Å². The van der Waals surface area contributed by atoms with E-state index in [9.17, 15) is 13.2 Å². The fourth-order valence-electron chi connectivity index (χ4n) is 1.46. The fourth-order valence-corrected chi connectivity index (χ4v) is 2.03. The molecule has 0 saturated heterocycles. The minimum atomic E-state index is -4.27. The Balaban J connectivity index is 2.52. The van der Waals surface area contributed by atoms with Crippen LogP contribution in [0.3, 0.4) is 0 Å². The summed E-state index contributed by atoms with van der Waals surface area (Å²) in [4.78, 5) is 6.81. The van der Waals surface area contributed by atoms with E-state index in [2.05, 4.69) is 9.97 Å². The quantitative estimate of drug-likeness (QED) is 0.784. The summed E-state index contributed by atoms with van der Waals surface area (Å²) in [5, 5.41) is 0.533. The summed E-state index contributed by atoms with van der Waals surface area (Å²) in [6.45, 7) is 0. The number of rotatable bonds is 1. The number of nitrogens with two attached hydrogens (primary N) is 1. The van der Waals surface area contributed by atoms with Gasteiger partial charge in [-0.1, -0.05) is 0 Å². The van der Waals surface area contributed by atoms with Gasteiger partial charge in [0.05, 0.1) is 10.1 Å². The van der Waals surface area contributed by atoms with Gasteiger partial charge in [-0.15, -0.1) is 0 Å². The molecule has 0 aliphatic rings. The van der Waals surface area contributed by atoms with Crippen LogP contribution in [-0.2, 0) is 6.42 Å².